The zero-order valence-electron chi connectivity index (χ0n) is 14.3. The van der Waals surface area contributed by atoms with Gasteiger partial charge in [0.05, 0.1) is 17.1 Å². The third kappa shape index (κ3) is 2.60. The van der Waals surface area contributed by atoms with Gasteiger partial charge in [-0.05, 0) is 17.7 Å². The summed E-state index contributed by atoms with van der Waals surface area (Å²) in [4.78, 5) is 37.7. The lowest BCUT2D eigenvalue weighted by Gasteiger charge is -2.25. The second-order valence-corrected chi connectivity index (χ2v) is 6.39. The van der Waals surface area contributed by atoms with E-state index in [2.05, 4.69) is 0 Å². The summed E-state index contributed by atoms with van der Waals surface area (Å²) in [5, 5.41) is 21.0. The number of ketones is 2. The van der Waals surface area contributed by atoms with Gasteiger partial charge in [0, 0.05) is 11.1 Å². The molecule has 0 amide bonds. The van der Waals surface area contributed by atoms with E-state index >= 15 is 0 Å². The predicted octanol–water partition coefficient (Wildman–Crippen LogP) is 3.01. The quantitative estimate of drug-likeness (QED) is 0.627. The Hall–Kier alpha value is -3.74. The number of allylic oxidation sites excluding steroid dienone is 1. The first-order valence-corrected chi connectivity index (χ1v) is 8.36. The smallest absolute Gasteiger partial charge is 0.338 e. The lowest BCUT2D eigenvalue weighted by molar-refractivity contribution is -0.136. The highest BCUT2D eigenvalue weighted by Crippen LogP contribution is 2.42. The Labute approximate surface area is 158 Å². The van der Waals surface area contributed by atoms with Crippen molar-refractivity contribution in [3.05, 3.63) is 87.9 Å². The van der Waals surface area contributed by atoms with Crippen molar-refractivity contribution in [3.8, 4) is 0 Å². The number of Topliss-reactive ketones (excluding diaryl/α,β-unsaturated/α-hetero) is 2. The van der Waals surface area contributed by atoms with Crippen LogP contribution in [0.25, 0.3) is 5.76 Å². The van der Waals surface area contributed by atoms with Gasteiger partial charge >= 0.3 is 5.97 Å². The predicted molar refractivity (Wildman–Crippen MR) is 95.1 cm³/mol. The second-order valence-electron chi connectivity index (χ2n) is 6.39. The van der Waals surface area contributed by atoms with Crippen LogP contribution in [0.2, 0.25) is 0 Å². The number of aliphatic hydroxyl groups excluding tert-OH is 2. The van der Waals surface area contributed by atoms with Gasteiger partial charge in [-0.15, -0.1) is 0 Å². The number of carbonyl (C=O) groups excluding carboxylic acids is 3. The number of esters is 1. The summed E-state index contributed by atoms with van der Waals surface area (Å²) in [6.07, 6.45) is 0. The van der Waals surface area contributed by atoms with Crippen LogP contribution in [0.5, 0.6) is 0 Å². The highest BCUT2D eigenvalue weighted by molar-refractivity contribution is 6.52. The molecule has 2 aromatic rings. The van der Waals surface area contributed by atoms with Crippen LogP contribution in [0.1, 0.15) is 27.4 Å². The summed E-state index contributed by atoms with van der Waals surface area (Å²) in [5.74, 6) is -5.48. The first-order valence-electron chi connectivity index (χ1n) is 8.36. The summed E-state index contributed by atoms with van der Waals surface area (Å²) in [5.41, 5.74) is -0.215. The van der Waals surface area contributed by atoms with Crippen LogP contribution in [0, 0.1) is 5.82 Å². The summed E-state index contributed by atoms with van der Waals surface area (Å²) < 4.78 is 18.2. The molecule has 2 N–H and O–H groups in total. The molecule has 2 aliphatic rings. The van der Waals surface area contributed by atoms with Crippen LogP contribution in [-0.2, 0) is 14.3 Å². The molecule has 4 rings (SSSR count). The first-order chi connectivity index (χ1) is 13.4. The molecule has 0 fully saturated rings. The van der Waals surface area contributed by atoms with Gasteiger partial charge in [0.2, 0.25) is 11.6 Å². The number of cyclic esters (lactones) is 1. The largest absolute Gasteiger partial charge is 0.508 e. The van der Waals surface area contributed by atoms with Crippen molar-refractivity contribution in [1.82, 2.24) is 0 Å². The maximum atomic E-state index is 13.4. The Morgan fingerprint density at radius 3 is 2.11 bits per heavy atom. The van der Waals surface area contributed by atoms with Gasteiger partial charge in [0.15, 0.2) is 0 Å². The minimum absolute atomic E-state index is 0.0406. The third-order valence-corrected chi connectivity index (χ3v) is 4.78. The summed E-state index contributed by atoms with van der Waals surface area (Å²) in [6.45, 7) is -0.390. The fourth-order valence-electron chi connectivity index (χ4n) is 3.48. The van der Waals surface area contributed by atoms with Crippen LogP contribution in [0.4, 0.5) is 4.39 Å². The van der Waals surface area contributed by atoms with E-state index in [1.807, 2.05) is 0 Å². The number of rotatable bonds is 3. The summed E-state index contributed by atoms with van der Waals surface area (Å²) in [7, 11) is 0. The molecule has 0 saturated carbocycles. The second kappa shape index (κ2) is 6.45. The molecule has 0 aromatic heterocycles. The Morgan fingerprint density at radius 1 is 0.857 bits per heavy atom. The Kier molecular flexibility index (Phi) is 4.07. The van der Waals surface area contributed by atoms with E-state index in [0.29, 0.717) is 0 Å². The molecular formula is C21H13FO6. The molecule has 0 spiro atoms. The Bertz CT molecular complexity index is 1090. The molecule has 2 aromatic carbocycles. The highest BCUT2D eigenvalue weighted by Gasteiger charge is 2.43. The molecule has 7 heteroatoms. The van der Waals surface area contributed by atoms with Crippen molar-refractivity contribution in [1.29, 1.82) is 0 Å². The van der Waals surface area contributed by atoms with E-state index in [1.165, 1.54) is 24.3 Å². The van der Waals surface area contributed by atoms with Crippen molar-refractivity contribution in [2.75, 3.05) is 6.61 Å². The van der Waals surface area contributed by atoms with Gasteiger partial charge in [-0.3, -0.25) is 9.59 Å². The molecule has 6 nitrogen and oxygen atoms in total. The van der Waals surface area contributed by atoms with Gasteiger partial charge in [-0.1, -0.05) is 36.4 Å². The number of halogens is 1. The normalized spacial score (nSPS) is 17.7. The van der Waals surface area contributed by atoms with Crippen LogP contribution in [-0.4, -0.2) is 34.4 Å². The van der Waals surface area contributed by atoms with Crippen molar-refractivity contribution in [2.24, 2.45) is 0 Å². The SMILES string of the molecule is O=C1OCC(O)=C1C(C1=C(O)c2ccccc2C(=O)C1=O)c1ccc(F)cc1. The van der Waals surface area contributed by atoms with Crippen molar-refractivity contribution in [3.63, 3.8) is 0 Å². The van der Waals surface area contributed by atoms with Crippen LogP contribution in [0.15, 0.2) is 65.4 Å². The van der Waals surface area contributed by atoms with Gasteiger partial charge in [0.1, 0.15) is 23.9 Å². The Balaban J connectivity index is 2.01. The maximum Gasteiger partial charge on any atom is 0.338 e. The number of fused-ring (bicyclic) bond motifs is 1. The number of hydrogen-bond acceptors (Lipinski definition) is 6. The zero-order valence-corrected chi connectivity index (χ0v) is 14.3. The molecule has 0 radical (unpaired) electrons. The number of hydrogen-bond donors (Lipinski definition) is 2. The van der Waals surface area contributed by atoms with Gasteiger partial charge in [-0.2, -0.15) is 0 Å². The molecule has 1 atom stereocenters. The molecule has 1 unspecified atom stereocenters. The standard InChI is InChI=1S/C21H13FO6/c22-11-7-5-10(6-8-11)15(16-14(23)9-28-21(16)27)17-18(24)12-3-1-2-4-13(12)19(25)20(17)26/h1-8,15,23-24H,9H2. The van der Waals surface area contributed by atoms with Crippen molar-refractivity contribution in [2.45, 2.75) is 5.92 Å². The van der Waals surface area contributed by atoms with Crippen LogP contribution in [0.3, 0.4) is 0 Å². The van der Waals surface area contributed by atoms with Crippen LogP contribution < -0.4 is 0 Å². The molecule has 1 aliphatic heterocycles. The zero-order chi connectivity index (χ0) is 20.0. The third-order valence-electron chi connectivity index (χ3n) is 4.78. The van der Waals surface area contributed by atoms with E-state index in [9.17, 15) is 29.0 Å². The van der Waals surface area contributed by atoms with E-state index in [1.54, 1.807) is 12.1 Å². The minimum atomic E-state index is -1.29. The molecule has 28 heavy (non-hydrogen) atoms. The average Bonchev–Trinajstić information content (AvgIpc) is 3.02. The number of carbonyl (C=O) groups is 3. The molecule has 140 valence electrons. The molecular weight excluding hydrogens is 367 g/mol. The lowest BCUT2D eigenvalue weighted by Crippen LogP contribution is -2.29. The van der Waals surface area contributed by atoms with Gasteiger partial charge in [0.25, 0.3) is 0 Å². The van der Waals surface area contributed by atoms with Gasteiger partial charge < -0.3 is 14.9 Å². The van der Waals surface area contributed by atoms with E-state index in [4.69, 9.17) is 4.74 Å². The van der Waals surface area contributed by atoms with Crippen molar-refractivity contribution >= 4 is 23.3 Å². The van der Waals surface area contributed by atoms with Crippen molar-refractivity contribution < 1.29 is 33.7 Å². The van der Waals surface area contributed by atoms with E-state index < -0.39 is 47.4 Å². The van der Waals surface area contributed by atoms with Crippen LogP contribution >= 0.6 is 0 Å². The lowest BCUT2D eigenvalue weighted by atomic mass is 9.76. The topological polar surface area (TPSA) is 101 Å². The number of ether oxygens (including phenoxy) is 1. The molecule has 0 saturated heterocycles. The fourth-order valence-corrected chi connectivity index (χ4v) is 3.48. The summed E-state index contributed by atoms with van der Waals surface area (Å²) in [6, 6.07) is 10.9. The molecule has 1 aliphatic carbocycles. The van der Waals surface area contributed by atoms with E-state index in [-0.39, 0.29) is 27.8 Å². The maximum absolute atomic E-state index is 13.4. The van der Waals surface area contributed by atoms with Gasteiger partial charge in [-0.25, -0.2) is 9.18 Å². The minimum Gasteiger partial charge on any atom is -0.508 e. The number of benzene rings is 2. The first kappa shape index (κ1) is 17.7. The number of aliphatic hydroxyl groups is 2. The van der Waals surface area contributed by atoms with E-state index in [0.717, 1.165) is 12.1 Å². The highest BCUT2D eigenvalue weighted by atomic mass is 19.1. The fraction of sp³-hybridized carbons (Fsp3) is 0.0952. The Morgan fingerprint density at radius 2 is 1.50 bits per heavy atom. The average molecular weight is 380 g/mol. The molecule has 0 bridgehead atoms. The summed E-state index contributed by atoms with van der Waals surface area (Å²) >= 11 is 0. The monoisotopic (exact) mass is 380 g/mol. The molecule has 1 heterocycles.